The van der Waals surface area contributed by atoms with E-state index in [-0.39, 0.29) is 0 Å². The highest BCUT2D eigenvalue weighted by Crippen LogP contribution is 2.27. The number of carbonyl (C=O) groups excluding carboxylic acids is 1. The second kappa shape index (κ2) is 8.00. The van der Waals surface area contributed by atoms with E-state index >= 15 is 0 Å². The molecular weight excluding hydrogens is 268 g/mol. The largest absolute Gasteiger partial charge is 0.381 e. The van der Waals surface area contributed by atoms with Gasteiger partial charge in [0.25, 0.3) is 5.91 Å². The number of nitrogens with one attached hydrogen (secondary N) is 1. The van der Waals surface area contributed by atoms with Gasteiger partial charge in [-0.2, -0.15) is 5.48 Å². The Morgan fingerprint density at radius 1 is 1.29 bits per heavy atom. The van der Waals surface area contributed by atoms with Crippen molar-refractivity contribution >= 4 is 5.91 Å². The topological polar surface area (TPSA) is 84.6 Å². The van der Waals surface area contributed by atoms with Crippen molar-refractivity contribution in [3.8, 4) is 5.75 Å². The summed E-state index contributed by atoms with van der Waals surface area (Å²) in [5.74, 6) is 0.437. The molecule has 1 aromatic rings. The van der Waals surface area contributed by atoms with Crippen LogP contribution < -0.4 is 16.1 Å². The molecule has 4 N–H and O–H groups in total. The van der Waals surface area contributed by atoms with Gasteiger partial charge in [0, 0.05) is 6.04 Å². The van der Waals surface area contributed by atoms with E-state index in [0.29, 0.717) is 18.1 Å². The average Bonchev–Trinajstić information content (AvgIpc) is 2.53. The molecule has 0 spiro atoms. The van der Waals surface area contributed by atoms with Crippen molar-refractivity contribution in [2.75, 3.05) is 0 Å². The minimum atomic E-state index is -1.24. The van der Waals surface area contributed by atoms with Crippen LogP contribution in [-0.4, -0.2) is 23.2 Å². The van der Waals surface area contributed by atoms with Crippen LogP contribution in [0.5, 0.6) is 5.75 Å². The van der Waals surface area contributed by atoms with E-state index in [2.05, 4.69) is 5.48 Å². The van der Waals surface area contributed by atoms with Crippen molar-refractivity contribution in [3.05, 3.63) is 30.3 Å². The lowest BCUT2D eigenvalue weighted by Crippen LogP contribution is -2.48. The number of amides is 1. The summed E-state index contributed by atoms with van der Waals surface area (Å²) < 4.78 is 0. The van der Waals surface area contributed by atoms with E-state index in [1.54, 1.807) is 24.3 Å². The maximum atomic E-state index is 11.8. The van der Waals surface area contributed by atoms with Gasteiger partial charge in [-0.25, -0.2) is 0 Å². The maximum Gasteiger partial charge on any atom is 0.282 e. The number of benzene rings is 1. The minimum Gasteiger partial charge on any atom is -0.381 e. The molecule has 1 saturated carbocycles. The smallest absolute Gasteiger partial charge is 0.282 e. The molecule has 0 bridgehead atoms. The predicted octanol–water partition coefficient (Wildman–Crippen LogP) is 1.76. The highest BCUT2D eigenvalue weighted by Gasteiger charge is 2.26. The number of nitrogens with two attached hydrogens (primary N) is 1. The van der Waals surface area contributed by atoms with Gasteiger partial charge in [-0.3, -0.25) is 4.79 Å². The van der Waals surface area contributed by atoms with Crippen molar-refractivity contribution in [2.45, 2.75) is 50.7 Å². The van der Waals surface area contributed by atoms with Gasteiger partial charge in [-0.15, -0.1) is 0 Å². The van der Waals surface area contributed by atoms with E-state index in [4.69, 9.17) is 10.6 Å². The molecule has 0 heterocycles. The lowest BCUT2D eigenvalue weighted by atomic mass is 9.84. The summed E-state index contributed by atoms with van der Waals surface area (Å²) >= 11 is 0. The summed E-state index contributed by atoms with van der Waals surface area (Å²) in [5, 5.41) is 9.98. The number of hydrogen-bond acceptors (Lipinski definition) is 4. The fraction of sp³-hybridized carbons (Fsp3) is 0.562. The second-order valence-corrected chi connectivity index (χ2v) is 5.73. The molecule has 1 aliphatic rings. The van der Waals surface area contributed by atoms with Gasteiger partial charge in [0.15, 0.2) is 11.9 Å². The Morgan fingerprint density at radius 3 is 2.62 bits per heavy atom. The van der Waals surface area contributed by atoms with Crippen LogP contribution in [0.3, 0.4) is 0 Å². The number of aliphatic hydroxyl groups is 1. The van der Waals surface area contributed by atoms with Crippen molar-refractivity contribution in [1.82, 2.24) is 5.48 Å². The summed E-state index contributed by atoms with van der Waals surface area (Å²) in [5.41, 5.74) is 8.20. The molecule has 0 aromatic heterocycles. The molecule has 0 unspecified atom stereocenters. The molecule has 5 heteroatoms. The Bertz CT molecular complexity index is 432. The molecule has 0 saturated heterocycles. The summed E-state index contributed by atoms with van der Waals surface area (Å²) in [6, 6.07) is 8.33. The van der Waals surface area contributed by atoms with Gasteiger partial charge in [-0.05, 0) is 24.5 Å². The van der Waals surface area contributed by atoms with Gasteiger partial charge < -0.3 is 15.7 Å². The normalized spacial score (nSPS) is 18.8. The molecule has 5 nitrogen and oxygen atoms in total. The van der Waals surface area contributed by atoms with E-state index in [1.807, 2.05) is 6.07 Å². The molecule has 1 amide bonds. The first kappa shape index (κ1) is 15.8. The van der Waals surface area contributed by atoms with Crippen molar-refractivity contribution in [1.29, 1.82) is 0 Å². The Labute approximate surface area is 125 Å². The zero-order valence-corrected chi connectivity index (χ0v) is 12.2. The minimum absolute atomic E-state index is 0.513. The van der Waals surface area contributed by atoms with Gasteiger partial charge >= 0.3 is 0 Å². The number of aliphatic hydroxyl groups excluding tert-OH is 1. The third-order valence-corrected chi connectivity index (χ3v) is 4.02. The molecule has 21 heavy (non-hydrogen) atoms. The molecule has 1 fully saturated rings. The molecule has 2 rings (SSSR count). The van der Waals surface area contributed by atoms with Gasteiger partial charge in [0.2, 0.25) is 0 Å². The zero-order valence-electron chi connectivity index (χ0n) is 12.2. The molecule has 0 aliphatic heterocycles. The maximum absolute atomic E-state index is 11.8. The first-order valence-electron chi connectivity index (χ1n) is 7.62. The van der Waals surface area contributed by atoms with E-state index < -0.39 is 18.1 Å². The van der Waals surface area contributed by atoms with Crippen LogP contribution in [0.1, 0.15) is 38.5 Å². The van der Waals surface area contributed by atoms with Crippen LogP contribution in [0.15, 0.2) is 30.3 Å². The zero-order chi connectivity index (χ0) is 15.1. The lowest BCUT2D eigenvalue weighted by Gasteiger charge is -2.26. The Balaban J connectivity index is 1.75. The Kier molecular flexibility index (Phi) is 6.02. The number of para-hydroxylation sites is 1. The molecule has 1 aliphatic carbocycles. The SMILES string of the molecule is N[C@H](CC1CCCCC1)[C@H](O)C(=O)NOc1ccccc1. The van der Waals surface area contributed by atoms with Gasteiger partial charge in [0.05, 0.1) is 0 Å². The molecule has 0 radical (unpaired) electrons. The fourth-order valence-electron chi connectivity index (χ4n) is 2.79. The van der Waals surface area contributed by atoms with E-state index in [1.165, 1.54) is 19.3 Å². The number of hydroxylamine groups is 1. The average molecular weight is 292 g/mol. The number of rotatable bonds is 6. The van der Waals surface area contributed by atoms with Crippen LogP contribution >= 0.6 is 0 Å². The molecule has 116 valence electrons. The van der Waals surface area contributed by atoms with Crippen LogP contribution in [-0.2, 0) is 4.79 Å². The van der Waals surface area contributed by atoms with E-state index in [9.17, 15) is 9.90 Å². The summed E-state index contributed by atoms with van der Waals surface area (Å²) in [6.45, 7) is 0. The first-order chi connectivity index (χ1) is 10.2. The fourth-order valence-corrected chi connectivity index (χ4v) is 2.79. The Morgan fingerprint density at radius 2 is 1.95 bits per heavy atom. The number of carbonyl (C=O) groups is 1. The summed E-state index contributed by atoms with van der Waals surface area (Å²) in [7, 11) is 0. The van der Waals surface area contributed by atoms with Gasteiger partial charge in [0.1, 0.15) is 0 Å². The van der Waals surface area contributed by atoms with Crippen LogP contribution in [0.4, 0.5) is 0 Å². The quantitative estimate of drug-likeness (QED) is 0.697. The summed E-state index contributed by atoms with van der Waals surface area (Å²) in [4.78, 5) is 16.9. The third-order valence-electron chi connectivity index (χ3n) is 4.02. The highest BCUT2D eigenvalue weighted by molar-refractivity contribution is 5.80. The molecular formula is C16H24N2O3. The molecule has 2 atom stereocenters. The lowest BCUT2D eigenvalue weighted by molar-refractivity contribution is -0.137. The van der Waals surface area contributed by atoms with E-state index in [0.717, 1.165) is 12.8 Å². The third kappa shape index (κ3) is 5.02. The second-order valence-electron chi connectivity index (χ2n) is 5.73. The monoisotopic (exact) mass is 292 g/mol. The highest BCUT2D eigenvalue weighted by atomic mass is 16.7. The number of hydrogen-bond donors (Lipinski definition) is 3. The van der Waals surface area contributed by atoms with Gasteiger partial charge in [-0.1, -0.05) is 50.3 Å². The summed E-state index contributed by atoms with van der Waals surface area (Å²) in [6.07, 6.45) is 5.44. The van der Waals surface area contributed by atoms with Crippen LogP contribution in [0.2, 0.25) is 0 Å². The first-order valence-corrected chi connectivity index (χ1v) is 7.62. The van der Waals surface area contributed by atoms with Crippen molar-refractivity contribution < 1.29 is 14.7 Å². The Hall–Kier alpha value is -1.59. The van der Waals surface area contributed by atoms with Crippen molar-refractivity contribution in [2.24, 2.45) is 11.7 Å². The van der Waals surface area contributed by atoms with Crippen molar-refractivity contribution in [3.63, 3.8) is 0 Å². The van der Waals surface area contributed by atoms with Crippen LogP contribution in [0, 0.1) is 5.92 Å². The predicted molar refractivity (Wildman–Crippen MR) is 80.4 cm³/mol. The van der Waals surface area contributed by atoms with Crippen LogP contribution in [0.25, 0.3) is 0 Å². The molecule has 1 aromatic carbocycles. The standard InChI is InChI=1S/C16H24N2O3/c17-14(11-12-7-3-1-4-8-12)15(19)16(20)18-21-13-9-5-2-6-10-13/h2,5-6,9-10,12,14-15,19H,1,3-4,7-8,11,17H2,(H,18,20)/t14-,15+/m1/s1.